The smallest absolute Gasteiger partial charge is 0.0501 e. The first-order chi connectivity index (χ1) is 8.66. The van der Waals surface area contributed by atoms with Crippen LogP contribution in [0, 0.1) is 5.92 Å². The minimum atomic E-state index is 0.557. The predicted molar refractivity (Wildman–Crippen MR) is 76.8 cm³/mol. The van der Waals surface area contributed by atoms with Crippen molar-refractivity contribution in [2.75, 3.05) is 13.6 Å². The minimum Gasteiger partial charge on any atom is -0.357 e. The summed E-state index contributed by atoms with van der Waals surface area (Å²) in [6.45, 7) is 5.79. The van der Waals surface area contributed by atoms with E-state index in [1.807, 2.05) is 0 Å². The van der Waals surface area contributed by atoms with Crippen molar-refractivity contribution in [2.45, 2.75) is 32.7 Å². The van der Waals surface area contributed by atoms with Crippen molar-refractivity contribution >= 4 is 10.9 Å². The summed E-state index contributed by atoms with van der Waals surface area (Å²) in [5.41, 5.74) is 4.31. The number of aromatic amines is 1. The number of aromatic nitrogens is 1. The van der Waals surface area contributed by atoms with Gasteiger partial charge in [-0.2, -0.15) is 0 Å². The standard InChI is InChI=1S/C16H22N2/c1-11(2)10-15-16-13(8-9-18(15)3)12-6-4-5-7-14(12)17-16/h4-7,11,15,17H,8-10H2,1-3H3/t15-/m0/s1. The van der Waals surface area contributed by atoms with Gasteiger partial charge in [0.1, 0.15) is 0 Å². The van der Waals surface area contributed by atoms with E-state index in [2.05, 4.69) is 55.0 Å². The van der Waals surface area contributed by atoms with Crippen LogP contribution in [0.3, 0.4) is 0 Å². The van der Waals surface area contributed by atoms with E-state index in [0.717, 1.165) is 5.92 Å². The molecule has 18 heavy (non-hydrogen) atoms. The Hall–Kier alpha value is -1.28. The van der Waals surface area contributed by atoms with E-state index in [-0.39, 0.29) is 0 Å². The molecule has 0 bridgehead atoms. The van der Waals surface area contributed by atoms with Gasteiger partial charge in [0.05, 0.1) is 6.04 Å². The number of hydrogen-bond acceptors (Lipinski definition) is 1. The fraction of sp³-hybridized carbons (Fsp3) is 0.500. The van der Waals surface area contributed by atoms with E-state index in [0.29, 0.717) is 6.04 Å². The van der Waals surface area contributed by atoms with Crippen LogP contribution in [-0.2, 0) is 6.42 Å². The third-order valence-corrected chi connectivity index (χ3v) is 4.12. The van der Waals surface area contributed by atoms with Gasteiger partial charge in [-0.25, -0.2) is 0 Å². The number of nitrogens with zero attached hydrogens (tertiary/aromatic N) is 1. The lowest BCUT2D eigenvalue weighted by Crippen LogP contribution is -2.32. The predicted octanol–water partition coefficient (Wildman–Crippen LogP) is 3.74. The van der Waals surface area contributed by atoms with Crippen LogP contribution in [0.25, 0.3) is 10.9 Å². The number of fused-ring (bicyclic) bond motifs is 3. The first-order valence-corrected chi connectivity index (χ1v) is 6.96. The van der Waals surface area contributed by atoms with Crippen molar-refractivity contribution in [3.05, 3.63) is 35.5 Å². The molecule has 1 aromatic carbocycles. The Kier molecular flexibility index (Phi) is 2.90. The van der Waals surface area contributed by atoms with Gasteiger partial charge in [0.2, 0.25) is 0 Å². The second-order valence-electron chi connectivity index (χ2n) is 5.94. The average molecular weight is 242 g/mol. The number of H-pyrrole nitrogens is 1. The molecule has 1 aliphatic heterocycles. The summed E-state index contributed by atoms with van der Waals surface area (Å²) in [5.74, 6) is 0.731. The number of benzene rings is 1. The molecule has 2 nitrogen and oxygen atoms in total. The molecule has 0 saturated heterocycles. The van der Waals surface area contributed by atoms with Gasteiger partial charge in [-0.05, 0) is 37.4 Å². The van der Waals surface area contributed by atoms with E-state index in [1.54, 1.807) is 5.56 Å². The van der Waals surface area contributed by atoms with Crippen LogP contribution in [0.15, 0.2) is 24.3 Å². The number of nitrogens with one attached hydrogen (secondary N) is 1. The summed E-state index contributed by atoms with van der Waals surface area (Å²) >= 11 is 0. The van der Waals surface area contributed by atoms with Crippen LogP contribution in [-0.4, -0.2) is 23.5 Å². The number of para-hydroxylation sites is 1. The fourth-order valence-corrected chi connectivity index (χ4v) is 3.18. The van der Waals surface area contributed by atoms with Gasteiger partial charge in [-0.3, -0.25) is 4.90 Å². The molecule has 96 valence electrons. The maximum Gasteiger partial charge on any atom is 0.0501 e. The van der Waals surface area contributed by atoms with Crippen molar-refractivity contribution in [3.63, 3.8) is 0 Å². The van der Waals surface area contributed by atoms with Crippen LogP contribution in [0.1, 0.15) is 37.6 Å². The normalized spacial score (nSPS) is 20.6. The molecule has 2 heterocycles. The molecule has 0 amide bonds. The molecular formula is C16H22N2. The van der Waals surface area contributed by atoms with Crippen LogP contribution in [0.4, 0.5) is 0 Å². The third kappa shape index (κ3) is 1.85. The highest BCUT2D eigenvalue weighted by atomic mass is 15.1. The quantitative estimate of drug-likeness (QED) is 0.850. The summed E-state index contributed by atoms with van der Waals surface area (Å²) in [6.07, 6.45) is 2.40. The second kappa shape index (κ2) is 4.43. The Morgan fingerprint density at radius 2 is 2.11 bits per heavy atom. The highest BCUT2D eigenvalue weighted by Crippen LogP contribution is 2.36. The first kappa shape index (κ1) is 11.8. The molecule has 0 spiro atoms. The van der Waals surface area contributed by atoms with Crippen molar-refractivity contribution in [1.29, 1.82) is 0 Å². The molecule has 2 aromatic rings. The molecule has 1 aromatic heterocycles. The lowest BCUT2D eigenvalue weighted by atomic mass is 9.92. The zero-order valence-electron chi connectivity index (χ0n) is 11.5. The van der Waals surface area contributed by atoms with Crippen molar-refractivity contribution < 1.29 is 0 Å². The minimum absolute atomic E-state index is 0.557. The van der Waals surface area contributed by atoms with Gasteiger partial charge in [-0.1, -0.05) is 32.0 Å². The zero-order chi connectivity index (χ0) is 12.7. The van der Waals surface area contributed by atoms with Crippen LogP contribution in [0.2, 0.25) is 0 Å². The summed E-state index contributed by atoms with van der Waals surface area (Å²) in [6, 6.07) is 9.27. The molecule has 0 fully saturated rings. The Balaban J connectivity index is 2.10. The van der Waals surface area contributed by atoms with Gasteiger partial charge in [0.15, 0.2) is 0 Å². The molecule has 0 radical (unpaired) electrons. The van der Waals surface area contributed by atoms with Gasteiger partial charge >= 0.3 is 0 Å². The van der Waals surface area contributed by atoms with Crippen molar-refractivity contribution in [1.82, 2.24) is 9.88 Å². The van der Waals surface area contributed by atoms with E-state index in [4.69, 9.17) is 0 Å². The average Bonchev–Trinajstić information content (AvgIpc) is 2.71. The summed E-state index contributed by atoms with van der Waals surface area (Å²) < 4.78 is 0. The molecule has 0 aliphatic carbocycles. The van der Waals surface area contributed by atoms with E-state index >= 15 is 0 Å². The lowest BCUT2D eigenvalue weighted by molar-refractivity contribution is 0.199. The molecule has 1 aliphatic rings. The topological polar surface area (TPSA) is 19.0 Å². The third-order valence-electron chi connectivity index (χ3n) is 4.12. The zero-order valence-corrected chi connectivity index (χ0v) is 11.5. The Labute approximate surface area is 109 Å². The summed E-state index contributed by atoms with van der Waals surface area (Å²) in [4.78, 5) is 6.16. The van der Waals surface area contributed by atoms with Gasteiger partial charge in [0, 0.05) is 23.1 Å². The van der Waals surface area contributed by atoms with Gasteiger partial charge in [-0.15, -0.1) is 0 Å². The Morgan fingerprint density at radius 1 is 1.33 bits per heavy atom. The van der Waals surface area contributed by atoms with Gasteiger partial charge in [0.25, 0.3) is 0 Å². The molecular weight excluding hydrogens is 220 g/mol. The number of hydrogen-bond donors (Lipinski definition) is 1. The monoisotopic (exact) mass is 242 g/mol. The SMILES string of the molecule is CC(C)C[C@H]1c2[nH]c3ccccc3c2CCN1C. The Morgan fingerprint density at radius 3 is 2.89 bits per heavy atom. The number of rotatable bonds is 2. The fourth-order valence-electron chi connectivity index (χ4n) is 3.18. The summed E-state index contributed by atoms with van der Waals surface area (Å²) in [7, 11) is 2.25. The summed E-state index contributed by atoms with van der Waals surface area (Å²) in [5, 5.41) is 1.43. The largest absolute Gasteiger partial charge is 0.357 e. The maximum absolute atomic E-state index is 3.66. The molecule has 1 N–H and O–H groups in total. The van der Waals surface area contributed by atoms with Crippen molar-refractivity contribution in [3.8, 4) is 0 Å². The number of likely N-dealkylation sites (N-methyl/N-ethyl adjacent to an activating group) is 1. The van der Waals surface area contributed by atoms with E-state index in [9.17, 15) is 0 Å². The molecule has 2 heteroatoms. The highest BCUT2D eigenvalue weighted by Gasteiger charge is 2.28. The van der Waals surface area contributed by atoms with E-state index < -0.39 is 0 Å². The lowest BCUT2D eigenvalue weighted by Gasteiger charge is -2.33. The Bertz CT molecular complexity index is 553. The maximum atomic E-state index is 3.66. The highest BCUT2D eigenvalue weighted by molar-refractivity contribution is 5.85. The van der Waals surface area contributed by atoms with Crippen LogP contribution < -0.4 is 0 Å². The molecule has 0 unspecified atom stereocenters. The molecule has 0 saturated carbocycles. The van der Waals surface area contributed by atoms with E-state index in [1.165, 1.54) is 36.0 Å². The molecule has 1 atom stereocenters. The van der Waals surface area contributed by atoms with Crippen molar-refractivity contribution in [2.24, 2.45) is 5.92 Å². The van der Waals surface area contributed by atoms with Crippen LogP contribution in [0.5, 0.6) is 0 Å². The van der Waals surface area contributed by atoms with Crippen LogP contribution >= 0.6 is 0 Å². The first-order valence-electron chi connectivity index (χ1n) is 6.96. The molecule has 3 rings (SSSR count). The second-order valence-corrected chi connectivity index (χ2v) is 5.94. The van der Waals surface area contributed by atoms with Gasteiger partial charge < -0.3 is 4.98 Å².